The van der Waals surface area contributed by atoms with Crippen molar-refractivity contribution in [3.63, 3.8) is 0 Å². The second-order valence-electron chi connectivity index (χ2n) is 4.06. The van der Waals surface area contributed by atoms with E-state index in [1.807, 2.05) is 25.1 Å². The molecular formula is C12H13BrF3NO2S. The molecule has 8 heteroatoms. The second kappa shape index (κ2) is 7.33. The van der Waals surface area contributed by atoms with Crippen LogP contribution < -0.4 is 5.32 Å². The van der Waals surface area contributed by atoms with Gasteiger partial charge in [0.25, 0.3) is 0 Å². The van der Waals surface area contributed by atoms with Gasteiger partial charge in [-0.15, -0.1) is 11.8 Å². The van der Waals surface area contributed by atoms with E-state index in [1.54, 1.807) is 0 Å². The maximum absolute atomic E-state index is 12.0. The van der Waals surface area contributed by atoms with Gasteiger partial charge in [-0.1, -0.05) is 15.9 Å². The van der Waals surface area contributed by atoms with Crippen LogP contribution in [-0.2, 0) is 4.79 Å². The molecule has 0 aromatic heterocycles. The number of aliphatic hydroxyl groups is 1. The molecule has 2 N–H and O–H groups in total. The van der Waals surface area contributed by atoms with Crippen molar-refractivity contribution in [2.75, 3.05) is 12.3 Å². The van der Waals surface area contributed by atoms with Crippen LogP contribution in [0.2, 0.25) is 0 Å². The van der Waals surface area contributed by atoms with E-state index < -0.39 is 24.7 Å². The summed E-state index contributed by atoms with van der Waals surface area (Å²) < 4.78 is 37.0. The summed E-state index contributed by atoms with van der Waals surface area (Å²) in [7, 11) is 0. The largest absolute Gasteiger partial charge is 0.416 e. The fourth-order valence-corrected chi connectivity index (χ4v) is 2.61. The summed E-state index contributed by atoms with van der Waals surface area (Å²) in [5.74, 6) is -0.562. The van der Waals surface area contributed by atoms with Crippen molar-refractivity contribution < 1.29 is 23.1 Å². The predicted molar refractivity (Wildman–Crippen MR) is 74.7 cm³/mol. The van der Waals surface area contributed by atoms with Crippen LogP contribution in [-0.4, -0.2) is 35.6 Å². The van der Waals surface area contributed by atoms with Gasteiger partial charge in [-0.25, -0.2) is 0 Å². The number of thioether (sulfide) groups is 1. The molecule has 1 amide bonds. The average Bonchev–Trinajstić information content (AvgIpc) is 2.33. The van der Waals surface area contributed by atoms with E-state index >= 15 is 0 Å². The average molecular weight is 372 g/mol. The van der Waals surface area contributed by atoms with Gasteiger partial charge in [0.2, 0.25) is 5.91 Å². The maximum atomic E-state index is 12.0. The molecule has 3 nitrogen and oxygen atoms in total. The Morgan fingerprint density at radius 1 is 1.50 bits per heavy atom. The van der Waals surface area contributed by atoms with Gasteiger partial charge in [-0.2, -0.15) is 13.2 Å². The number of carbonyl (C=O) groups excluding carboxylic acids is 1. The van der Waals surface area contributed by atoms with Crippen LogP contribution in [0.4, 0.5) is 13.2 Å². The summed E-state index contributed by atoms with van der Waals surface area (Å²) in [5.41, 5.74) is 0.965. The summed E-state index contributed by atoms with van der Waals surface area (Å²) in [6, 6.07) is 5.52. The Bertz CT molecular complexity index is 482. The van der Waals surface area contributed by atoms with Gasteiger partial charge in [0.05, 0.1) is 12.3 Å². The lowest BCUT2D eigenvalue weighted by molar-refractivity contribution is -0.201. The van der Waals surface area contributed by atoms with E-state index in [1.165, 1.54) is 11.8 Å². The molecule has 20 heavy (non-hydrogen) atoms. The molecule has 1 atom stereocenters. The summed E-state index contributed by atoms with van der Waals surface area (Å²) >= 11 is 4.54. The SMILES string of the molecule is Cc1cc(Br)ccc1SCC(=O)NCC(O)C(F)(F)F. The summed E-state index contributed by atoms with van der Waals surface area (Å²) in [5, 5.41) is 10.8. The third kappa shape index (κ3) is 5.72. The molecule has 0 saturated carbocycles. The van der Waals surface area contributed by atoms with E-state index in [-0.39, 0.29) is 5.75 Å². The fourth-order valence-electron chi connectivity index (χ4n) is 1.30. The van der Waals surface area contributed by atoms with Crippen LogP contribution in [0, 0.1) is 6.92 Å². The molecule has 0 fully saturated rings. The summed E-state index contributed by atoms with van der Waals surface area (Å²) in [4.78, 5) is 12.3. The molecule has 0 aliphatic rings. The van der Waals surface area contributed by atoms with Crippen molar-refractivity contribution in [3.05, 3.63) is 28.2 Å². The topological polar surface area (TPSA) is 49.3 Å². The van der Waals surface area contributed by atoms with Crippen molar-refractivity contribution in [1.82, 2.24) is 5.32 Å². The smallest absolute Gasteiger partial charge is 0.382 e. The molecule has 1 unspecified atom stereocenters. The highest BCUT2D eigenvalue weighted by Gasteiger charge is 2.38. The van der Waals surface area contributed by atoms with Gasteiger partial charge >= 0.3 is 6.18 Å². The number of rotatable bonds is 5. The standard InChI is InChI=1S/C12H13BrF3NO2S/c1-7-4-8(13)2-3-9(7)20-6-11(19)17-5-10(18)12(14,15)16/h2-4,10,18H,5-6H2,1H3,(H,17,19). The molecule has 0 bridgehead atoms. The van der Waals surface area contributed by atoms with E-state index in [0.717, 1.165) is 14.9 Å². The number of halogens is 4. The number of nitrogens with one attached hydrogen (secondary N) is 1. The first kappa shape index (κ1) is 17.3. The molecule has 1 aromatic rings. The predicted octanol–water partition coefficient (Wildman–Crippen LogP) is 2.89. The lowest BCUT2D eigenvalue weighted by atomic mass is 10.2. The highest BCUT2D eigenvalue weighted by Crippen LogP contribution is 2.25. The normalized spacial score (nSPS) is 13.1. The number of alkyl halides is 3. The molecule has 0 aliphatic carbocycles. The van der Waals surface area contributed by atoms with E-state index in [2.05, 4.69) is 21.2 Å². The minimum absolute atomic E-state index is 0.00690. The molecule has 1 rings (SSSR count). The lowest BCUT2D eigenvalue weighted by Gasteiger charge is -2.15. The molecule has 0 radical (unpaired) electrons. The van der Waals surface area contributed by atoms with E-state index in [0.29, 0.717) is 0 Å². The number of benzene rings is 1. The number of aryl methyl sites for hydroxylation is 1. The van der Waals surface area contributed by atoms with Crippen molar-refractivity contribution >= 4 is 33.6 Å². The molecule has 1 aromatic carbocycles. The number of hydrogen-bond acceptors (Lipinski definition) is 3. The molecule has 112 valence electrons. The molecule has 0 aliphatic heterocycles. The zero-order chi connectivity index (χ0) is 15.3. The highest BCUT2D eigenvalue weighted by atomic mass is 79.9. The van der Waals surface area contributed by atoms with Crippen molar-refractivity contribution in [2.24, 2.45) is 0 Å². The molecular weight excluding hydrogens is 359 g/mol. The Morgan fingerprint density at radius 2 is 2.15 bits per heavy atom. The fraction of sp³-hybridized carbons (Fsp3) is 0.417. The minimum Gasteiger partial charge on any atom is -0.382 e. The Labute approximate surface area is 127 Å². The van der Waals surface area contributed by atoms with Gasteiger partial charge in [0, 0.05) is 9.37 Å². The number of carbonyl (C=O) groups is 1. The number of hydrogen-bond donors (Lipinski definition) is 2. The van der Waals surface area contributed by atoms with Gasteiger partial charge < -0.3 is 10.4 Å². The van der Waals surface area contributed by atoms with Crippen LogP contribution >= 0.6 is 27.7 Å². The Morgan fingerprint density at radius 3 is 2.70 bits per heavy atom. The van der Waals surface area contributed by atoms with Crippen LogP contribution in [0.5, 0.6) is 0 Å². The van der Waals surface area contributed by atoms with Gasteiger partial charge in [-0.05, 0) is 30.7 Å². The zero-order valence-electron chi connectivity index (χ0n) is 10.5. The van der Waals surface area contributed by atoms with Gasteiger partial charge in [-0.3, -0.25) is 4.79 Å². The van der Waals surface area contributed by atoms with Crippen molar-refractivity contribution in [2.45, 2.75) is 24.1 Å². The van der Waals surface area contributed by atoms with Gasteiger partial charge in [0.1, 0.15) is 0 Å². The van der Waals surface area contributed by atoms with Crippen molar-refractivity contribution in [3.8, 4) is 0 Å². The molecule has 0 spiro atoms. The number of amides is 1. The van der Waals surface area contributed by atoms with Crippen molar-refractivity contribution in [1.29, 1.82) is 0 Å². The molecule has 0 heterocycles. The van der Waals surface area contributed by atoms with E-state index in [4.69, 9.17) is 5.11 Å². The second-order valence-corrected chi connectivity index (χ2v) is 5.99. The van der Waals surface area contributed by atoms with Crippen LogP contribution in [0.15, 0.2) is 27.6 Å². The summed E-state index contributed by atoms with van der Waals surface area (Å²) in [6.45, 7) is 1.04. The highest BCUT2D eigenvalue weighted by molar-refractivity contribution is 9.10. The summed E-state index contributed by atoms with van der Waals surface area (Å²) in [6.07, 6.45) is -7.26. The third-order valence-corrected chi connectivity index (χ3v) is 4.04. The quantitative estimate of drug-likeness (QED) is 0.782. The van der Waals surface area contributed by atoms with Gasteiger partial charge in [0.15, 0.2) is 6.10 Å². The van der Waals surface area contributed by atoms with Crippen LogP contribution in [0.25, 0.3) is 0 Å². The Balaban J connectivity index is 2.40. The zero-order valence-corrected chi connectivity index (χ0v) is 12.9. The first-order valence-electron chi connectivity index (χ1n) is 5.60. The first-order valence-corrected chi connectivity index (χ1v) is 7.38. The Kier molecular flexibility index (Phi) is 6.35. The Hall–Kier alpha value is -0.730. The van der Waals surface area contributed by atoms with Crippen LogP contribution in [0.3, 0.4) is 0 Å². The first-order chi connectivity index (χ1) is 9.20. The number of aliphatic hydroxyl groups excluding tert-OH is 1. The lowest BCUT2D eigenvalue weighted by Crippen LogP contribution is -2.41. The molecule has 0 saturated heterocycles. The monoisotopic (exact) mass is 371 g/mol. The van der Waals surface area contributed by atoms with E-state index in [9.17, 15) is 18.0 Å². The van der Waals surface area contributed by atoms with Crippen LogP contribution in [0.1, 0.15) is 5.56 Å². The minimum atomic E-state index is -4.72. The third-order valence-electron chi connectivity index (χ3n) is 2.37. The maximum Gasteiger partial charge on any atom is 0.416 e.